The van der Waals surface area contributed by atoms with E-state index in [0.29, 0.717) is 5.92 Å². The van der Waals surface area contributed by atoms with Crippen molar-refractivity contribution < 1.29 is 4.79 Å². The second-order valence-corrected chi connectivity index (χ2v) is 7.03. The van der Waals surface area contributed by atoms with Crippen molar-refractivity contribution in [1.29, 1.82) is 5.26 Å². The number of carbonyl (C=O) groups excluding carboxylic acids is 1. The van der Waals surface area contributed by atoms with Gasteiger partial charge in [-0.05, 0) is 55.7 Å². The maximum atomic E-state index is 12.4. The summed E-state index contributed by atoms with van der Waals surface area (Å²) in [6.45, 7) is 1.57. The van der Waals surface area contributed by atoms with Gasteiger partial charge in [0.05, 0.1) is 6.07 Å². The lowest BCUT2D eigenvalue weighted by Gasteiger charge is -2.33. The molecule has 2 fully saturated rings. The number of nitriles is 1. The fraction of sp³-hybridized carbons (Fsp3) is 0.556. The number of rotatable bonds is 2. The van der Waals surface area contributed by atoms with E-state index in [-0.39, 0.29) is 18.0 Å². The van der Waals surface area contributed by atoms with E-state index in [4.69, 9.17) is 16.9 Å². The minimum Gasteiger partial charge on any atom is -0.335 e. The average Bonchev–Trinajstić information content (AvgIpc) is 3.03. The van der Waals surface area contributed by atoms with Crippen LogP contribution in [0.25, 0.3) is 0 Å². The molecule has 1 N–H and O–H groups in total. The first-order valence-corrected chi connectivity index (χ1v) is 8.74. The molecule has 122 valence electrons. The summed E-state index contributed by atoms with van der Waals surface area (Å²) in [7, 11) is 0. The van der Waals surface area contributed by atoms with E-state index in [1.807, 2.05) is 17.0 Å². The second kappa shape index (κ2) is 7.23. The van der Waals surface area contributed by atoms with E-state index < -0.39 is 0 Å². The Morgan fingerprint density at radius 1 is 1.17 bits per heavy atom. The molecule has 1 aromatic rings. The van der Waals surface area contributed by atoms with Crippen molar-refractivity contribution in [2.75, 3.05) is 13.1 Å². The molecule has 0 radical (unpaired) electrons. The van der Waals surface area contributed by atoms with E-state index in [9.17, 15) is 4.79 Å². The first kappa shape index (κ1) is 16.1. The third-order valence-electron chi connectivity index (χ3n) is 5.07. The Labute approximate surface area is 142 Å². The van der Waals surface area contributed by atoms with Gasteiger partial charge in [-0.3, -0.25) is 0 Å². The fourth-order valence-electron chi connectivity index (χ4n) is 3.65. The van der Waals surface area contributed by atoms with Gasteiger partial charge in [0.1, 0.15) is 0 Å². The molecular weight excluding hydrogens is 310 g/mol. The number of hydrogen-bond acceptors (Lipinski definition) is 2. The first-order chi connectivity index (χ1) is 11.2. The molecular formula is C18H22ClN3O. The van der Waals surface area contributed by atoms with Crippen molar-refractivity contribution in [2.24, 2.45) is 5.92 Å². The van der Waals surface area contributed by atoms with E-state index in [1.165, 1.54) is 5.56 Å². The summed E-state index contributed by atoms with van der Waals surface area (Å²) in [5.74, 6) is 0.613. The van der Waals surface area contributed by atoms with Gasteiger partial charge in [-0.25, -0.2) is 4.79 Å². The minimum absolute atomic E-state index is 0.0307. The summed E-state index contributed by atoms with van der Waals surface area (Å²) in [5.41, 5.74) is 1.31. The molecule has 0 bridgehead atoms. The van der Waals surface area contributed by atoms with Crippen LogP contribution in [0.1, 0.15) is 43.6 Å². The topological polar surface area (TPSA) is 56.1 Å². The Kier molecular flexibility index (Phi) is 5.07. The number of hydrogen-bond donors (Lipinski definition) is 1. The number of amides is 2. The Bertz CT molecular complexity index is 587. The van der Waals surface area contributed by atoms with Gasteiger partial charge in [-0.15, -0.1) is 0 Å². The zero-order valence-corrected chi connectivity index (χ0v) is 13.9. The maximum Gasteiger partial charge on any atom is 0.317 e. The molecule has 23 heavy (non-hydrogen) atoms. The Morgan fingerprint density at radius 2 is 1.87 bits per heavy atom. The van der Waals surface area contributed by atoms with Crippen LogP contribution in [-0.2, 0) is 0 Å². The Balaban J connectivity index is 1.48. The number of piperidine rings is 1. The molecule has 2 amide bonds. The fourth-order valence-corrected chi connectivity index (χ4v) is 3.77. The van der Waals surface area contributed by atoms with Gasteiger partial charge < -0.3 is 10.2 Å². The van der Waals surface area contributed by atoms with Gasteiger partial charge >= 0.3 is 6.03 Å². The van der Waals surface area contributed by atoms with Crippen molar-refractivity contribution >= 4 is 17.6 Å². The van der Waals surface area contributed by atoms with Crippen LogP contribution in [0, 0.1) is 17.2 Å². The van der Waals surface area contributed by atoms with Crippen LogP contribution in [0.4, 0.5) is 4.79 Å². The molecule has 3 rings (SSSR count). The summed E-state index contributed by atoms with van der Waals surface area (Å²) < 4.78 is 0. The molecule has 0 unspecified atom stereocenters. The number of benzene rings is 1. The van der Waals surface area contributed by atoms with Gasteiger partial charge in [0, 0.05) is 30.1 Å². The standard InChI is InChI=1S/C18H22ClN3O/c19-16-4-2-14(3-5-16)15-7-9-22(10-8-15)18(23)21-17-6-1-13(11-17)12-20/h2-5,13,15,17H,1,6-11H2,(H,21,23)/t13-,17+/m0/s1. The summed E-state index contributed by atoms with van der Waals surface area (Å²) in [6.07, 6.45) is 4.59. The molecule has 1 saturated carbocycles. The highest BCUT2D eigenvalue weighted by Crippen LogP contribution is 2.29. The first-order valence-electron chi connectivity index (χ1n) is 8.36. The Morgan fingerprint density at radius 3 is 2.48 bits per heavy atom. The molecule has 1 saturated heterocycles. The zero-order chi connectivity index (χ0) is 16.2. The summed E-state index contributed by atoms with van der Waals surface area (Å²) in [4.78, 5) is 14.3. The van der Waals surface area contributed by atoms with Crippen molar-refractivity contribution in [2.45, 2.75) is 44.1 Å². The lowest BCUT2D eigenvalue weighted by molar-refractivity contribution is 0.177. The zero-order valence-electron chi connectivity index (χ0n) is 13.2. The second-order valence-electron chi connectivity index (χ2n) is 6.60. The summed E-state index contributed by atoms with van der Waals surface area (Å²) in [5, 5.41) is 12.8. The van der Waals surface area contributed by atoms with Crippen LogP contribution >= 0.6 is 11.6 Å². The van der Waals surface area contributed by atoms with E-state index in [1.54, 1.807) is 0 Å². The molecule has 1 heterocycles. The predicted molar refractivity (Wildman–Crippen MR) is 90.3 cm³/mol. The molecule has 0 aromatic heterocycles. The molecule has 5 heteroatoms. The van der Waals surface area contributed by atoms with E-state index in [0.717, 1.165) is 50.2 Å². The van der Waals surface area contributed by atoms with Gasteiger partial charge in [-0.1, -0.05) is 23.7 Å². The number of urea groups is 1. The van der Waals surface area contributed by atoms with Crippen LogP contribution in [0.5, 0.6) is 0 Å². The molecule has 4 nitrogen and oxygen atoms in total. The normalized spacial score (nSPS) is 25.1. The third-order valence-corrected chi connectivity index (χ3v) is 5.32. The highest BCUT2D eigenvalue weighted by molar-refractivity contribution is 6.30. The largest absolute Gasteiger partial charge is 0.335 e. The van der Waals surface area contributed by atoms with Gasteiger partial charge in [0.25, 0.3) is 0 Å². The lowest BCUT2D eigenvalue weighted by atomic mass is 9.89. The molecule has 1 aliphatic carbocycles. The highest BCUT2D eigenvalue weighted by Gasteiger charge is 2.29. The summed E-state index contributed by atoms with van der Waals surface area (Å²) in [6, 6.07) is 10.5. The van der Waals surface area contributed by atoms with Crippen molar-refractivity contribution in [3.8, 4) is 6.07 Å². The monoisotopic (exact) mass is 331 g/mol. The van der Waals surface area contributed by atoms with Gasteiger partial charge in [0.15, 0.2) is 0 Å². The number of likely N-dealkylation sites (tertiary alicyclic amines) is 1. The SMILES string of the molecule is N#C[C@H]1CC[C@@H](NC(=O)N2CCC(c3ccc(Cl)cc3)CC2)C1. The van der Waals surface area contributed by atoms with Gasteiger partial charge in [-0.2, -0.15) is 5.26 Å². The molecule has 0 spiro atoms. The average molecular weight is 332 g/mol. The number of halogens is 1. The van der Waals surface area contributed by atoms with Crippen molar-refractivity contribution in [1.82, 2.24) is 10.2 Å². The third kappa shape index (κ3) is 3.97. The van der Waals surface area contributed by atoms with Crippen LogP contribution < -0.4 is 5.32 Å². The lowest BCUT2D eigenvalue weighted by Crippen LogP contribution is -2.47. The smallest absolute Gasteiger partial charge is 0.317 e. The van der Waals surface area contributed by atoms with Crippen LogP contribution in [0.3, 0.4) is 0 Å². The quantitative estimate of drug-likeness (QED) is 0.892. The van der Waals surface area contributed by atoms with Crippen molar-refractivity contribution in [3.63, 3.8) is 0 Å². The minimum atomic E-state index is 0.0307. The number of nitrogens with one attached hydrogen (secondary N) is 1. The predicted octanol–water partition coefficient (Wildman–Crippen LogP) is 3.92. The number of nitrogens with zero attached hydrogens (tertiary/aromatic N) is 2. The van der Waals surface area contributed by atoms with Gasteiger partial charge in [0.2, 0.25) is 0 Å². The molecule has 2 aliphatic rings. The molecule has 2 atom stereocenters. The van der Waals surface area contributed by atoms with Crippen molar-refractivity contribution in [3.05, 3.63) is 34.9 Å². The highest BCUT2D eigenvalue weighted by atomic mass is 35.5. The van der Waals surface area contributed by atoms with Crippen LogP contribution in [0.15, 0.2) is 24.3 Å². The van der Waals surface area contributed by atoms with E-state index in [2.05, 4.69) is 23.5 Å². The summed E-state index contributed by atoms with van der Waals surface area (Å²) >= 11 is 5.94. The number of carbonyl (C=O) groups is 1. The van der Waals surface area contributed by atoms with Crippen LogP contribution in [0.2, 0.25) is 5.02 Å². The molecule has 1 aromatic carbocycles. The Hall–Kier alpha value is -1.73. The van der Waals surface area contributed by atoms with E-state index >= 15 is 0 Å². The van der Waals surface area contributed by atoms with Crippen LogP contribution in [-0.4, -0.2) is 30.1 Å². The maximum absolute atomic E-state index is 12.4. The molecule has 1 aliphatic heterocycles.